The molecule has 0 aromatic heterocycles. The van der Waals surface area contributed by atoms with Crippen molar-refractivity contribution in [3.63, 3.8) is 0 Å². The van der Waals surface area contributed by atoms with Gasteiger partial charge in [-0.25, -0.2) is 0 Å². The second kappa shape index (κ2) is 27.9. The van der Waals surface area contributed by atoms with E-state index >= 15 is 0 Å². The smallest absolute Gasteiger partial charge is 0.101 e. The van der Waals surface area contributed by atoms with E-state index in [0.29, 0.717) is 6.17 Å². The van der Waals surface area contributed by atoms with Gasteiger partial charge in [0.2, 0.25) is 0 Å². The first kappa shape index (κ1) is 35.4. The SMILES string of the molecule is CCCCCCCCCCCCCCCCCCN1C=CN(CCCCCCC)C1CCCCCCCC. The molecule has 0 radical (unpaired) electrons. The van der Waals surface area contributed by atoms with Gasteiger partial charge >= 0.3 is 0 Å². The van der Waals surface area contributed by atoms with Crippen LogP contribution in [0.5, 0.6) is 0 Å². The molecule has 38 heavy (non-hydrogen) atoms. The van der Waals surface area contributed by atoms with Crippen LogP contribution in [0, 0.1) is 0 Å². The highest BCUT2D eigenvalue weighted by Gasteiger charge is 2.24. The molecule has 1 aliphatic heterocycles. The summed E-state index contributed by atoms with van der Waals surface area (Å²) in [5.74, 6) is 0. The van der Waals surface area contributed by atoms with Gasteiger partial charge in [-0.3, -0.25) is 0 Å². The van der Waals surface area contributed by atoms with Gasteiger partial charge in [0, 0.05) is 25.5 Å². The molecule has 0 aromatic carbocycles. The second-order valence-electron chi connectivity index (χ2n) is 12.5. The molecule has 0 N–H and O–H groups in total. The van der Waals surface area contributed by atoms with Gasteiger partial charge in [0.15, 0.2) is 0 Å². The van der Waals surface area contributed by atoms with Crippen molar-refractivity contribution in [2.75, 3.05) is 13.1 Å². The maximum atomic E-state index is 2.70. The van der Waals surface area contributed by atoms with Gasteiger partial charge < -0.3 is 9.80 Å². The summed E-state index contributed by atoms with van der Waals surface area (Å²) in [5, 5.41) is 0. The molecule has 0 spiro atoms. The fourth-order valence-corrected chi connectivity index (χ4v) is 6.19. The van der Waals surface area contributed by atoms with Crippen molar-refractivity contribution >= 4 is 0 Å². The predicted molar refractivity (Wildman–Crippen MR) is 173 cm³/mol. The lowest BCUT2D eigenvalue weighted by molar-refractivity contribution is 0.135. The summed E-state index contributed by atoms with van der Waals surface area (Å²) >= 11 is 0. The van der Waals surface area contributed by atoms with Crippen LogP contribution in [0.2, 0.25) is 0 Å². The van der Waals surface area contributed by atoms with Crippen molar-refractivity contribution in [1.29, 1.82) is 0 Å². The Balaban J connectivity index is 2.09. The monoisotopic (exact) mass is 533 g/mol. The third-order valence-electron chi connectivity index (χ3n) is 8.82. The Morgan fingerprint density at radius 1 is 0.342 bits per heavy atom. The Bertz CT molecular complexity index is 488. The molecule has 0 aromatic rings. The minimum Gasteiger partial charge on any atom is -0.356 e. The second-order valence-corrected chi connectivity index (χ2v) is 12.5. The fourth-order valence-electron chi connectivity index (χ4n) is 6.19. The van der Waals surface area contributed by atoms with Crippen molar-refractivity contribution in [3.8, 4) is 0 Å². The Morgan fingerprint density at radius 3 is 0.921 bits per heavy atom. The van der Waals surface area contributed by atoms with Crippen LogP contribution >= 0.6 is 0 Å². The summed E-state index contributed by atoms with van der Waals surface area (Å²) in [5.41, 5.74) is 0. The zero-order valence-electron chi connectivity index (χ0n) is 26.8. The zero-order chi connectivity index (χ0) is 27.4. The summed E-state index contributed by atoms with van der Waals surface area (Å²) < 4.78 is 0. The quantitative estimate of drug-likeness (QED) is 0.0848. The number of hydrogen-bond acceptors (Lipinski definition) is 2. The fraction of sp³-hybridized carbons (Fsp3) is 0.944. The van der Waals surface area contributed by atoms with Crippen molar-refractivity contribution in [2.45, 2.75) is 207 Å². The normalized spacial score (nSPS) is 15.3. The molecular weight excluding hydrogens is 460 g/mol. The number of unbranched alkanes of at least 4 members (excludes halogenated alkanes) is 24. The Hall–Kier alpha value is -0.660. The highest BCUT2D eigenvalue weighted by Crippen LogP contribution is 2.24. The molecule has 1 aliphatic rings. The predicted octanol–water partition coefficient (Wildman–Crippen LogP) is 12.4. The summed E-state index contributed by atoms with van der Waals surface area (Å²) in [6.07, 6.45) is 45.5. The zero-order valence-corrected chi connectivity index (χ0v) is 26.8. The van der Waals surface area contributed by atoms with Crippen LogP contribution in [0.1, 0.15) is 201 Å². The molecule has 0 saturated heterocycles. The topological polar surface area (TPSA) is 6.48 Å². The van der Waals surface area contributed by atoms with Crippen LogP contribution < -0.4 is 0 Å². The number of hydrogen-bond donors (Lipinski definition) is 0. The molecule has 0 saturated carbocycles. The van der Waals surface area contributed by atoms with Crippen LogP contribution in [0.3, 0.4) is 0 Å². The number of rotatable bonds is 30. The maximum absolute atomic E-state index is 2.70. The van der Waals surface area contributed by atoms with E-state index in [1.807, 2.05) is 0 Å². The molecule has 2 nitrogen and oxygen atoms in total. The van der Waals surface area contributed by atoms with Gasteiger partial charge in [-0.1, -0.05) is 175 Å². The van der Waals surface area contributed by atoms with E-state index in [0.717, 1.165) is 0 Å². The molecule has 1 heterocycles. The minimum atomic E-state index is 0.642. The van der Waals surface area contributed by atoms with Gasteiger partial charge in [-0.05, 0) is 25.7 Å². The van der Waals surface area contributed by atoms with E-state index in [1.54, 1.807) is 0 Å². The van der Waals surface area contributed by atoms with E-state index in [-0.39, 0.29) is 0 Å². The molecular formula is C36H72N2. The van der Waals surface area contributed by atoms with Crippen molar-refractivity contribution in [3.05, 3.63) is 12.4 Å². The van der Waals surface area contributed by atoms with Gasteiger partial charge in [0.1, 0.15) is 6.17 Å². The summed E-state index contributed by atoms with van der Waals surface area (Å²) in [6, 6.07) is 0. The highest BCUT2D eigenvalue weighted by molar-refractivity contribution is 4.97. The Morgan fingerprint density at radius 2 is 0.605 bits per heavy atom. The van der Waals surface area contributed by atoms with Crippen molar-refractivity contribution in [1.82, 2.24) is 9.80 Å². The largest absolute Gasteiger partial charge is 0.356 e. The van der Waals surface area contributed by atoms with E-state index < -0.39 is 0 Å². The molecule has 0 amide bonds. The average molecular weight is 533 g/mol. The summed E-state index contributed by atoms with van der Waals surface area (Å²) in [7, 11) is 0. The number of nitrogens with zero attached hydrogens (tertiary/aromatic N) is 2. The molecule has 2 heteroatoms. The minimum absolute atomic E-state index is 0.642. The molecule has 1 rings (SSSR count). The van der Waals surface area contributed by atoms with Gasteiger partial charge in [-0.15, -0.1) is 0 Å². The maximum Gasteiger partial charge on any atom is 0.101 e. The third kappa shape index (κ3) is 20.3. The third-order valence-corrected chi connectivity index (χ3v) is 8.82. The van der Waals surface area contributed by atoms with Gasteiger partial charge in [0.25, 0.3) is 0 Å². The molecule has 226 valence electrons. The lowest BCUT2D eigenvalue weighted by Crippen LogP contribution is -2.39. The van der Waals surface area contributed by atoms with Gasteiger partial charge in [-0.2, -0.15) is 0 Å². The van der Waals surface area contributed by atoms with E-state index in [1.165, 1.54) is 193 Å². The van der Waals surface area contributed by atoms with E-state index in [9.17, 15) is 0 Å². The van der Waals surface area contributed by atoms with Crippen LogP contribution in [-0.4, -0.2) is 29.1 Å². The first-order valence-electron chi connectivity index (χ1n) is 18.0. The van der Waals surface area contributed by atoms with Gasteiger partial charge in [0.05, 0.1) is 0 Å². The van der Waals surface area contributed by atoms with Crippen LogP contribution in [-0.2, 0) is 0 Å². The molecule has 0 fully saturated rings. The standard InChI is InChI=1S/C36H72N2/c1-4-7-10-13-15-16-17-18-19-20-21-22-23-24-27-30-33-38-35-34-37(32-29-26-12-9-6-3)36(38)31-28-25-14-11-8-5-2/h34-36H,4-33H2,1-3H3. The first-order valence-corrected chi connectivity index (χ1v) is 18.0. The molecule has 0 bridgehead atoms. The summed E-state index contributed by atoms with van der Waals surface area (Å²) in [4.78, 5) is 5.38. The molecule has 0 aliphatic carbocycles. The van der Waals surface area contributed by atoms with Crippen molar-refractivity contribution < 1.29 is 0 Å². The van der Waals surface area contributed by atoms with Crippen LogP contribution in [0.15, 0.2) is 12.4 Å². The van der Waals surface area contributed by atoms with Crippen LogP contribution in [0.4, 0.5) is 0 Å². The molecule has 1 atom stereocenters. The Kier molecular flexibility index (Phi) is 26.0. The first-order chi connectivity index (χ1) is 18.8. The Labute approximate surface area is 241 Å². The highest BCUT2D eigenvalue weighted by atomic mass is 15.4. The average Bonchev–Trinajstić information content (AvgIpc) is 3.31. The van der Waals surface area contributed by atoms with E-state index in [4.69, 9.17) is 0 Å². The molecule has 1 unspecified atom stereocenters. The van der Waals surface area contributed by atoms with E-state index in [2.05, 4.69) is 43.0 Å². The lowest BCUT2D eigenvalue weighted by atomic mass is 10.0. The summed E-state index contributed by atoms with van der Waals surface area (Å²) in [6.45, 7) is 9.47. The van der Waals surface area contributed by atoms with Crippen LogP contribution in [0.25, 0.3) is 0 Å². The lowest BCUT2D eigenvalue weighted by Gasteiger charge is -2.33. The van der Waals surface area contributed by atoms with Crippen molar-refractivity contribution in [2.24, 2.45) is 0 Å².